The predicted molar refractivity (Wildman–Crippen MR) is 77.1 cm³/mol. The third-order valence-electron chi connectivity index (χ3n) is 3.08. The lowest BCUT2D eigenvalue weighted by Crippen LogP contribution is -2.42. The molecule has 0 atom stereocenters. The largest absolute Gasteiger partial charge is 0.357 e. The highest BCUT2D eigenvalue weighted by atomic mass is 32.1. The fourth-order valence-corrected chi connectivity index (χ4v) is 2.92. The molecule has 0 aliphatic heterocycles. The van der Waals surface area contributed by atoms with E-state index in [1.54, 1.807) is 11.3 Å². The van der Waals surface area contributed by atoms with Gasteiger partial charge in [0.1, 0.15) is 5.01 Å². The molecular weight excluding hydrogens is 244 g/mol. The Bertz CT molecular complexity index is 393. The summed E-state index contributed by atoms with van der Waals surface area (Å²) in [7, 11) is 0. The van der Waals surface area contributed by atoms with Gasteiger partial charge in [-0.2, -0.15) is 0 Å². The summed E-state index contributed by atoms with van der Waals surface area (Å²) in [4.78, 5) is 10.2. The lowest BCUT2D eigenvalue weighted by Gasteiger charge is -2.16. The fourth-order valence-electron chi connectivity index (χ4n) is 2.20. The Balaban J connectivity index is 1.90. The minimum absolute atomic E-state index is 0.598. The Kier molecular flexibility index (Phi) is 4.99. The Morgan fingerprint density at radius 2 is 2.28 bits per heavy atom. The maximum absolute atomic E-state index is 4.60. The van der Waals surface area contributed by atoms with E-state index in [1.807, 2.05) is 6.20 Å². The number of guanidine groups is 1. The summed E-state index contributed by atoms with van der Waals surface area (Å²) in [6.45, 7) is 5.74. The van der Waals surface area contributed by atoms with Gasteiger partial charge in [0.25, 0.3) is 0 Å². The Morgan fingerprint density at radius 3 is 2.89 bits per heavy atom. The van der Waals surface area contributed by atoms with Crippen LogP contribution in [-0.4, -0.2) is 23.5 Å². The zero-order valence-corrected chi connectivity index (χ0v) is 12.0. The van der Waals surface area contributed by atoms with Gasteiger partial charge in [0, 0.05) is 23.7 Å². The van der Waals surface area contributed by atoms with Gasteiger partial charge in [0.05, 0.1) is 6.54 Å². The second-order valence-electron chi connectivity index (χ2n) is 4.69. The normalized spacial score (nSPS) is 17.1. The monoisotopic (exact) mass is 266 g/mol. The first-order chi connectivity index (χ1) is 8.78. The maximum Gasteiger partial charge on any atom is 0.191 e. The van der Waals surface area contributed by atoms with Crippen molar-refractivity contribution in [1.29, 1.82) is 0 Å². The Hall–Kier alpha value is -1.10. The van der Waals surface area contributed by atoms with Crippen LogP contribution in [0.1, 0.15) is 42.5 Å². The molecule has 100 valence electrons. The average Bonchev–Trinajstić information content (AvgIpc) is 2.98. The summed E-state index contributed by atoms with van der Waals surface area (Å²) in [5.74, 6) is 0.928. The van der Waals surface area contributed by atoms with Gasteiger partial charge >= 0.3 is 0 Å². The predicted octanol–water partition coefficient (Wildman–Crippen LogP) is 2.45. The van der Waals surface area contributed by atoms with Crippen LogP contribution in [0.15, 0.2) is 11.2 Å². The van der Waals surface area contributed by atoms with Crippen molar-refractivity contribution in [2.45, 2.75) is 52.1 Å². The smallest absolute Gasteiger partial charge is 0.191 e. The number of hydrogen-bond acceptors (Lipinski definition) is 3. The molecule has 2 N–H and O–H groups in total. The minimum atomic E-state index is 0.598. The SMILES string of the molecule is CCNC(=NCc1ncc(C)s1)NC1CCCC1. The van der Waals surface area contributed by atoms with Crippen molar-refractivity contribution in [2.24, 2.45) is 4.99 Å². The molecule has 0 aromatic carbocycles. The lowest BCUT2D eigenvalue weighted by atomic mass is 10.2. The van der Waals surface area contributed by atoms with Crippen LogP contribution in [-0.2, 0) is 6.54 Å². The van der Waals surface area contributed by atoms with Gasteiger partial charge < -0.3 is 10.6 Å². The first kappa shape index (κ1) is 13.3. The summed E-state index contributed by atoms with van der Waals surface area (Å²) < 4.78 is 0. The van der Waals surface area contributed by atoms with Crippen molar-refractivity contribution in [3.05, 3.63) is 16.1 Å². The maximum atomic E-state index is 4.60. The quantitative estimate of drug-likeness (QED) is 0.650. The summed E-state index contributed by atoms with van der Waals surface area (Å²) >= 11 is 1.72. The van der Waals surface area contributed by atoms with Gasteiger partial charge in [-0.15, -0.1) is 11.3 Å². The van der Waals surface area contributed by atoms with E-state index in [0.717, 1.165) is 17.5 Å². The molecule has 1 aliphatic carbocycles. The summed E-state index contributed by atoms with van der Waals surface area (Å²) in [5, 5.41) is 7.89. The highest BCUT2D eigenvalue weighted by molar-refractivity contribution is 7.11. The van der Waals surface area contributed by atoms with Crippen LogP contribution in [0.5, 0.6) is 0 Å². The fraction of sp³-hybridized carbons (Fsp3) is 0.692. The molecule has 5 heteroatoms. The molecule has 0 unspecified atom stereocenters. The highest BCUT2D eigenvalue weighted by Gasteiger charge is 2.15. The van der Waals surface area contributed by atoms with Gasteiger partial charge in [-0.25, -0.2) is 9.98 Å². The molecule has 0 amide bonds. The standard InChI is InChI=1S/C13H22N4S/c1-3-14-13(17-11-6-4-5-7-11)16-9-12-15-8-10(2)18-12/h8,11H,3-7,9H2,1-2H3,(H2,14,16,17). The van der Waals surface area contributed by atoms with Crippen LogP contribution < -0.4 is 10.6 Å². The zero-order chi connectivity index (χ0) is 12.8. The number of nitrogens with one attached hydrogen (secondary N) is 2. The number of aryl methyl sites for hydroxylation is 1. The number of hydrogen-bond donors (Lipinski definition) is 2. The lowest BCUT2D eigenvalue weighted by molar-refractivity contribution is 0.614. The third kappa shape index (κ3) is 3.98. The number of rotatable bonds is 4. The molecule has 18 heavy (non-hydrogen) atoms. The summed E-state index contributed by atoms with van der Waals surface area (Å²) in [6.07, 6.45) is 7.11. The van der Waals surface area contributed by atoms with Gasteiger partial charge in [-0.05, 0) is 26.7 Å². The Morgan fingerprint density at radius 1 is 1.50 bits per heavy atom. The van der Waals surface area contributed by atoms with Crippen LogP contribution in [0, 0.1) is 6.92 Å². The van der Waals surface area contributed by atoms with E-state index in [-0.39, 0.29) is 0 Å². The van der Waals surface area contributed by atoms with Crippen molar-refractivity contribution in [2.75, 3.05) is 6.54 Å². The van der Waals surface area contributed by atoms with E-state index in [9.17, 15) is 0 Å². The number of thiazole rings is 1. The third-order valence-corrected chi connectivity index (χ3v) is 3.98. The number of nitrogens with zero attached hydrogens (tertiary/aromatic N) is 2. The minimum Gasteiger partial charge on any atom is -0.357 e. The van der Waals surface area contributed by atoms with Crippen LogP contribution >= 0.6 is 11.3 Å². The van der Waals surface area contributed by atoms with Crippen LogP contribution in [0.3, 0.4) is 0 Å². The van der Waals surface area contributed by atoms with Crippen LogP contribution in [0.2, 0.25) is 0 Å². The van der Waals surface area contributed by atoms with E-state index in [1.165, 1.54) is 30.6 Å². The molecule has 0 radical (unpaired) electrons. The molecule has 0 spiro atoms. The van der Waals surface area contributed by atoms with Crippen molar-refractivity contribution in [1.82, 2.24) is 15.6 Å². The number of aliphatic imine (C=N–C) groups is 1. The number of aromatic nitrogens is 1. The van der Waals surface area contributed by atoms with Gasteiger partial charge in [0.2, 0.25) is 0 Å². The summed E-state index contributed by atoms with van der Waals surface area (Å²) in [5.41, 5.74) is 0. The van der Waals surface area contributed by atoms with Crippen LogP contribution in [0.4, 0.5) is 0 Å². The highest BCUT2D eigenvalue weighted by Crippen LogP contribution is 2.17. The van der Waals surface area contributed by atoms with E-state index in [0.29, 0.717) is 12.6 Å². The summed E-state index contributed by atoms with van der Waals surface area (Å²) in [6, 6.07) is 0.598. The van der Waals surface area contributed by atoms with Crippen molar-refractivity contribution < 1.29 is 0 Å². The molecule has 1 fully saturated rings. The van der Waals surface area contributed by atoms with Gasteiger partial charge in [-0.3, -0.25) is 0 Å². The van der Waals surface area contributed by atoms with Crippen molar-refractivity contribution in [3.8, 4) is 0 Å². The van der Waals surface area contributed by atoms with E-state index in [2.05, 4.69) is 34.5 Å². The molecule has 1 heterocycles. The Labute approximate surface area is 113 Å². The van der Waals surface area contributed by atoms with Gasteiger partial charge in [-0.1, -0.05) is 12.8 Å². The first-order valence-electron chi connectivity index (χ1n) is 6.74. The van der Waals surface area contributed by atoms with Crippen LogP contribution in [0.25, 0.3) is 0 Å². The molecule has 0 bridgehead atoms. The molecule has 4 nitrogen and oxygen atoms in total. The molecule has 0 saturated heterocycles. The zero-order valence-electron chi connectivity index (χ0n) is 11.2. The molecule has 2 rings (SSSR count). The molecule has 1 aliphatic rings. The van der Waals surface area contributed by atoms with E-state index in [4.69, 9.17) is 0 Å². The van der Waals surface area contributed by atoms with E-state index >= 15 is 0 Å². The molecular formula is C13H22N4S. The van der Waals surface area contributed by atoms with E-state index < -0.39 is 0 Å². The molecule has 1 aromatic heterocycles. The second-order valence-corrected chi connectivity index (χ2v) is 6.00. The molecule has 1 saturated carbocycles. The molecule has 1 aromatic rings. The van der Waals surface area contributed by atoms with Gasteiger partial charge in [0.15, 0.2) is 5.96 Å². The van der Waals surface area contributed by atoms with Crippen molar-refractivity contribution in [3.63, 3.8) is 0 Å². The van der Waals surface area contributed by atoms with Crippen molar-refractivity contribution >= 4 is 17.3 Å². The topological polar surface area (TPSA) is 49.3 Å². The first-order valence-corrected chi connectivity index (χ1v) is 7.55. The average molecular weight is 266 g/mol. The second kappa shape index (κ2) is 6.73.